The van der Waals surface area contributed by atoms with E-state index in [2.05, 4.69) is 11.4 Å². The highest BCUT2D eigenvalue weighted by Gasteiger charge is 2.34. The molecule has 5 rings (SSSR count). The number of ether oxygens (including phenoxy) is 1. The quantitative estimate of drug-likeness (QED) is 0.352. The zero-order valence-corrected chi connectivity index (χ0v) is 21.2. The highest BCUT2D eigenvalue weighted by molar-refractivity contribution is 5.94. The van der Waals surface area contributed by atoms with E-state index in [0.717, 1.165) is 33.5 Å². The van der Waals surface area contributed by atoms with Crippen molar-refractivity contribution in [3.8, 4) is 5.75 Å². The second-order valence-corrected chi connectivity index (χ2v) is 9.52. The molecule has 6 nitrogen and oxygen atoms in total. The maximum absolute atomic E-state index is 13.4. The molecule has 6 heteroatoms. The average molecular weight is 495 g/mol. The summed E-state index contributed by atoms with van der Waals surface area (Å²) in [6.45, 7) is 6.32. The molecular weight excluding hydrogens is 464 g/mol. The minimum atomic E-state index is -0.708. The number of carbonyl (C=O) groups excluding carboxylic acids is 2. The van der Waals surface area contributed by atoms with Crippen molar-refractivity contribution in [1.82, 2.24) is 4.90 Å². The first kappa shape index (κ1) is 24.4. The number of rotatable bonds is 6. The van der Waals surface area contributed by atoms with Crippen LogP contribution in [0.4, 0.5) is 5.69 Å². The number of hydrogen-bond acceptors (Lipinski definition) is 4. The summed E-state index contributed by atoms with van der Waals surface area (Å²) in [5.41, 5.74) is 6.07. The summed E-state index contributed by atoms with van der Waals surface area (Å²) in [6, 6.07) is 24.9. The Kier molecular flexibility index (Phi) is 6.82. The van der Waals surface area contributed by atoms with Gasteiger partial charge in [-0.05, 0) is 85.8 Å². The molecule has 37 heavy (non-hydrogen) atoms. The number of anilines is 1. The van der Waals surface area contributed by atoms with E-state index in [1.807, 2.05) is 79.4 Å². The van der Waals surface area contributed by atoms with E-state index in [-0.39, 0.29) is 17.9 Å². The fourth-order valence-corrected chi connectivity index (χ4v) is 4.85. The number of amides is 2. The fourth-order valence-electron chi connectivity index (χ4n) is 4.85. The Balaban J connectivity index is 1.44. The lowest BCUT2D eigenvalue weighted by atomic mass is 9.87. The van der Waals surface area contributed by atoms with Crippen LogP contribution in [0.25, 0.3) is 0 Å². The first-order chi connectivity index (χ1) is 17.9. The highest BCUT2D eigenvalue weighted by atomic mass is 16.5. The van der Waals surface area contributed by atoms with Crippen LogP contribution in [0, 0.1) is 13.8 Å². The molecule has 0 saturated carbocycles. The molecule has 2 amide bonds. The second-order valence-electron chi connectivity index (χ2n) is 9.52. The second kappa shape index (κ2) is 10.3. The van der Waals surface area contributed by atoms with Gasteiger partial charge in [-0.2, -0.15) is 0 Å². The Labute approximate surface area is 216 Å². The lowest BCUT2D eigenvalue weighted by Crippen LogP contribution is -2.40. The molecule has 2 heterocycles. The molecule has 0 unspecified atom stereocenters. The van der Waals surface area contributed by atoms with Gasteiger partial charge in [0, 0.05) is 12.2 Å². The smallest absolute Gasteiger partial charge is 0.290 e. The summed E-state index contributed by atoms with van der Waals surface area (Å²) < 4.78 is 11.5. The van der Waals surface area contributed by atoms with E-state index in [1.165, 1.54) is 6.26 Å². The molecule has 0 spiro atoms. The van der Waals surface area contributed by atoms with Gasteiger partial charge in [-0.15, -0.1) is 0 Å². The van der Waals surface area contributed by atoms with Gasteiger partial charge in [0.2, 0.25) is 0 Å². The van der Waals surface area contributed by atoms with Gasteiger partial charge < -0.3 is 19.4 Å². The number of furan rings is 1. The third-order valence-corrected chi connectivity index (χ3v) is 6.66. The van der Waals surface area contributed by atoms with E-state index in [4.69, 9.17) is 9.15 Å². The van der Waals surface area contributed by atoms with Gasteiger partial charge in [0.05, 0.1) is 12.3 Å². The zero-order valence-electron chi connectivity index (χ0n) is 21.2. The summed E-state index contributed by atoms with van der Waals surface area (Å²) in [6.07, 6.45) is 1.52. The monoisotopic (exact) mass is 494 g/mol. The molecule has 1 aliphatic rings. The van der Waals surface area contributed by atoms with Crippen LogP contribution >= 0.6 is 0 Å². The number of fused-ring (bicyclic) bond motifs is 1. The molecule has 1 N–H and O–H groups in total. The van der Waals surface area contributed by atoms with Gasteiger partial charge >= 0.3 is 0 Å². The molecule has 0 aliphatic carbocycles. The van der Waals surface area contributed by atoms with Gasteiger partial charge in [0.15, 0.2) is 11.9 Å². The van der Waals surface area contributed by atoms with Gasteiger partial charge in [0.1, 0.15) is 5.75 Å². The maximum atomic E-state index is 13.4. The Morgan fingerprint density at radius 1 is 0.973 bits per heavy atom. The van der Waals surface area contributed by atoms with Crippen molar-refractivity contribution in [3.05, 3.63) is 119 Å². The number of nitrogens with zero attached hydrogens (tertiary/aromatic N) is 1. The summed E-state index contributed by atoms with van der Waals surface area (Å²) in [4.78, 5) is 28.1. The van der Waals surface area contributed by atoms with Crippen LogP contribution in [-0.2, 0) is 11.2 Å². The molecule has 0 saturated heterocycles. The lowest BCUT2D eigenvalue weighted by Gasteiger charge is -2.37. The van der Waals surface area contributed by atoms with Gasteiger partial charge in [0.25, 0.3) is 11.8 Å². The number of carbonyl (C=O) groups is 2. The number of aryl methyl sites for hydroxylation is 2. The van der Waals surface area contributed by atoms with E-state index in [1.54, 1.807) is 19.1 Å². The summed E-state index contributed by atoms with van der Waals surface area (Å²) in [5.74, 6) is 0.512. The summed E-state index contributed by atoms with van der Waals surface area (Å²) in [7, 11) is 0. The van der Waals surface area contributed by atoms with E-state index >= 15 is 0 Å². The SMILES string of the molecule is Cc1cccc(NC(=O)[C@H](C)Oc2ccc3c(c2)[C@@H](c2cccc(C)c2)N(C(=O)c2ccco2)CC3)c1. The highest BCUT2D eigenvalue weighted by Crippen LogP contribution is 2.38. The molecule has 1 aromatic heterocycles. The van der Waals surface area contributed by atoms with Crippen molar-refractivity contribution in [2.45, 2.75) is 39.3 Å². The molecule has 4 aromatic rings. The van der Waals surface area contributed by atoms with Gasteiger partial charge in [-0.1, -0.05) is 48.0 Å². The lowest BCUT2D eigenvalue weighted by molar-refractivity contribution is -0.122. The molecule has 1 aliphatic heterocycles. The largest absolute Gasteiger partial charge is 0.481 e. The van der Waals surface area contributed by atoms with Crippen LogP contribution in [0.5, 0.6) is 5.75 Å². The van der Waals surface area contributed by atoms with Crippen molar-refractivity contribution in [2.24, 2.45) is 0 Å². The average Bonchev–Trinajstić information content (AvgIpc) is 3.42. The van der Waals surface area contributed by atoms with Crippen LogP contribution < -0.4 is 10.1 Å². The minimum absolute atomic E-state index is 0.153. The third kappa shape index (κ3) is 5.28. The van der Waals surface area contributed by atoms with Crippen molar-refractivity contribution in [1.29, 1.82) is 0 Å². The third-order valence-electron chi connectivity index (χ3n) is 6.66. The van der Waals surface area contributed by atoms with E-state index in [9.17, 15) is 9.59 Å². The molecule has 188 valence electrons. The van der Waals surface area contributed by atoms with Crippen molar-refractivity contribution < 1.29 is 18.7 Å². The molecule has 0 fully saturated rings. The maximum Gasteiger partial charge on any atom is 0.290 e. The van der Waals surface area contributed by atoms with Crippen LogP contribution in [0.1, 0.15) is 51.3 Å². The van der Waals surface area contributed by atoms with Crippen LogP contribution in [-0.4, -0.2) is 29.4 Å². The van der Waals surface area contributed by atoms with Crippen LogP contribution in [0.2, 0.25) is 0 Å². The van der Waals surface area contributed by atoms with Crippen molar-refractivity contribution in [3.63, 3.8) is 0 Å². The van der Waals surface area contributed by atoms with Gasteiger partial charge in [-0.25, -0.2) is 0 Å². The number of benzene rings is 3. The van der Waals surface area contributed by atoms with Crippen molar-refractivity contribution in [2.75, 3.05) is 11.9 Å². The van der Waals surface area contributed by atoms with Crippen LogP contribution in [0.3, 0.4) is 0 Å². The zero-order chi connectivity index (χ0) is 25.9. The standard InChI is InChI=1S/C31H30N2O4/c1-20-7-4-9-24(17-20)29-27-19-26(37-22(3)30(34)32-25-10-5-8-21(2)18-25)13-12-23(27)14-15-33(29)31(35)28-11-6-16-36-28/h4-13,16-19,22,29H,14-15H2,1-3H3,(H,32,34)/t22-,29+/m0/s1. The predicted molar refractivity (Wildman–Crippen MR) is 143 cm³/mol. The number of nitrogens with one attached hydrogen (secondary N) is 1. The molecule has 2 atom stereocenters. The normalized spacial score (nSPS) is 15.5. The topological polar surface area (TPSA) is 71.8 Å². The summed E-state index contributed by atoms with van der Waals surface area (Å²) >= 11 is 0. The Hall–Kier alpha value is -4.32. The minimum Gasteiger partial charge on any atom is -0.481 e. The molecule has 0 bridgehead atoms. The summed E-state index contributed by atoms with van der Waals surface area (Å²) in [5, 5.41) is 2.92. The Bertz CT molecular complexity index is 1430. The predicted octanol–water partition coefficient (Wildman–Crippen LogP) is 6.09. The van der Waals surface area contributed by atoms with E-state index < -0.39 is 6.10 Å². The Morgan fingerprint density at radius 2 is 1.76 bits per heavy atom. The first-order valence-electron chi connectivity index (χ1n) is 12.5. The number of hydrogen-bond donors (Lipinski definition) is 1. The molecular formula is C31H30N2O4. The Morgan fingerprint density at radius 3 is 2.49 bits per heavy atom. The van der Waals surface area contributed by atoms with Crippen molar-refractivity contribution >= 4 is 17.5 Å². The van der Waals surface area contributed by atoms with E-state index in [0.29, 0.717) is 24.5 Å². The first-order valence-corrected chi connectivity index (χ1v) is 12.5. The molecule has 3 aromatic carbocycles. The van der Waals surface area contributed by atoms with Gasteiger partial charge in [-0.3, -0.25) is 9.59 Å². The van der Waals surface area contributed by atoms with Crippen LogP contribution in [0.15, 0.2) is 89.5 Å². The fraction of sp³-hybridized carbons (Fsp3) is 0.226. The molecule has 0 radical (unpaired) electrons.